The van der Waals surface area contributed by atoms with Gasteiger partial charge in [0.2, 0.25) is 0 Å². The van der Waals surface area contributed by atoms with Crippen molar-refractivity contribution in [1.82, 2.24) is 9.97 Å². The number of hydrogen-bond acceptors (Lipinski definition) is 5. The number of rotatable bonds is 3. The predicted octanol–water partition coefficient (Wildman–Crippen LogP) is 3.67. The molecule has 17 heavy (non-hydrogen) atoms. The molecule has 3 aromatic rings. The van der Waals surface area contributed by atoms with Crippen LogP contribution in [0.2, 0.25) is 0 Å². The molecule has 1 N–H and O–H groups in total. The first-order valence-electron chi connectivity index (χ1n) is 5.31. The SMILES string of the molecule is Cc1nc2ccc(NCc3nccs3)cc2s1. The van der Waals surface area contributed by atoms with E-state index < -0.39 is 0 Å². The lowest BCUT2D eigenvalue weighted by Gasteiger charge is -2.03. The quantitative estimate of drug-likeness (QED) is 0.781. The Balaban J connectivity index is 1.81. The molecule has 0 aliphatic heterocycles. The zero-order chi connectivity index (χ0) is 11.7. The third-order valence-corrected chi connectivity index (χ3v) is 4.14. The monoisotopic (exact) mass is 261 g/mol. The van der Waals surface area contributed by atoms with E-state index in [2.05, 4.69) is 33.5 Å². The van der Waals surface area contributed by atoms with Gasteiger partial charge in [0, 0.05) is 17.3 Å². The maximum Gasteiger partial charge on any atom is 0.112 e. The van der Waals surface area contributed by atoms with Crippen LogP contribution in [-0.2, 0) is 6.54 Å². The lowest BCUT2D eigenvalue weighted by Crippen LogP contribution is -1.98. The molecule has 0 fully saturated rings. The molecule has 2 heterocycles. The summed E-state index contributed by atoms with van der Waals surface area (Å²) in [5.74, 6) is 0. The first-order chi connectivity index (χ1) is 8.31. The van der Waals surface area contributed by atoms with Crippen LogP contribution < -0.4 is 5.32 Å². The summed E-state index contributed by atoms with van der Waals surface area (Å²) in [6.07, 6.45) is 1.83. The molecule has 3 rings (SSSR count). The van der Waals surface area contributed by atoms with Crippen molar-refractivity contribution in [3.63, 3.8) is 0 Å². The number of hydrogen-bond donors (Lipinski definition) is 1. The average Bonchev–Trinajstić information content (AvgIpc) is 2.92. The van der Waals surface area contributed by atoms with Crippen molar-refractivity contribution in [2.45, 2.75) is 13.5 Å². The fourth-order valence-electron chi connectivity index (χ4n) is 1.67. The number of aryl methyl sites for hydroxylation is 1. The second-order valence-electron chi connectivity index (χ2n) is 3.69. The minimum Gasteiger partial charge on any atom is -0.378 e. The topological polar surface area (TPSA) is 37.8 Å². The molecule has 0 unspecified atom stereocenters. The van der Waals surface area contributed by atoms with Gasteiger partial charge in [-0.1, -0.05) is 0 Å². The summed E-state index contributed by atoms with van der Waals surface area (Å²) in [5, 5.41) is 7.58. The highest BCUT2D eigenvalue weighted by Gasteiger charge is 2.02. The lowest BCUT2D eigenvalue weighted by molar-refractivity contribution is 1.10. The van der Waals surface area contributed by atoms with Gasteiger partial charge in [-0.05, 0) is 25.1 Å². The summed E-state index contributed by atoms with van der Waals surface area (Å²) in [5.41, 5.74) is 2.20. The Labute approximate surface area is 107 Å². The molecule has 0 radical (unpaired) electrons. The normalized spacial score (nSPS) is 10.9. The van der Waals surface area contributed by atoms with Crippen LogP contribution in [0.15, 0.2) is 29.8 Å². The highest BCUT2D eigenvalue weighted by atomic mass is 32.1. The van der Waals surface area contributed by atoms with Crippen LogP contribution in [0.3, 0.4) is 0 Å². The lowest BCUT2D eigenvalue weighted by atomic mass is 10.3. The number of anilines is 1. The Kier molecular flexibility index (Phi) is 2.78. The van der Waals surface area contributed by atoms with Crippen molar-refractivity contribution in [2.75, 3.05) is 5.32 Å². The van der Waals surface area contributed by atoms with E-state index in [1.807, 2.05) is 18.5 Å². The Hall–Kier alpha value is -1.46. The summed E-state index contributed by atoms with van der Waals surface area (Å²) in [6, 6.07) is 6.27. The maximum atomic E-state index is 4.44. The van der Waals surface area contributed by atoms with Gasteiger partial charge in [0.05, 0.1) is 21.8 Å². The van der Waals surface area contributed by atoms with Gasteiger partial charge in [0.1, 0.15) is 5.01 Å². The molecule has 0 saturated carbocycles. The van der Waals surface area contributed by atoms with Gasteiger partial charge in [-0.15, -0.1) is 22.7 Å². The summed E-state index contributed by atoms with van der Waals surface area (Å²) in [6.45, 7) is 2.81. The Morgan fingerprint density at radius 1 is 1.35 bits per heavy atom. The molecule has 0 amide bonds. The minimum absolute atomic E-state index is 0.779. The van der Waals surface area contributed by atoms with Gasteiger partial charge in [0.15, 0.2) is 0 Å². The van der Waals surface area contributed by atoms with Gasteiger partial charge in [0.25, 0.3) is 0 Å². The fraction of sp³-hybridized carbons (Fsp3) is 0.167. The largest absolute Gasteiger partial charge is 0.378 e. The summed E-state index contributed by atoms with van der Waals surface area (Å²) in [4.78, 5) is 8.69. The van der Waals surface area contributed by atoms with Crippen LogP contribution in [0.4, 0.5) is 5.69 Å². The van der Waals surface area contributed by atoms with Crippen molar-refractivity contribution >= 4 is 38.6 Å². The van der Waals surface area contributed by atoms with Gasteiger partial charge >= 0.3 is 0 Å². The molecule has 0 spiro atoms. The van der Waals surface area contributed by atoms with E-state index >= 15 is 0 Å². The van der Waals surface area contributed by atoms with Crippen LogP contribution in [-0.4, -0.2) is 9.97 Å². The average molecular weight is 261 g/mol. The fourth-order valence-corrected chi connectivity index (χ4v) is 3.09. The first kappa shape index (κ1) is 10.7. The zero-order valence-corrected chi connectivity index (χ0v) is 10.9. The number of thiazole rings is 2. The number of nitrogens with one attached hydrogen (secondary N) is 1. The molecule has 86 valence electrons. The second kappa shape index (κ2) is 4.43. The van der Waals surface area contributed by atoms with E-state index in [0.29, 0.717) is 0 Å². The van der Waals surface area contributed by atoms with Crippen molar-refractivity contribution in [2.24, 2.45) is 0 Å². The number of fused-ring (bicyclic) bond motifs is 1. The van der Waals surface area contributed by atoms with Crippen LogP contribution in [0, 0.1) is 6.92 Å². The molecular formula is C12H11N3S2. The summed E-state index contributed by atoms with van der Waals surface area (Å²) >= 11 is 3.39. The van der Waals surface area contributed by atoms with Crippen molar-refractivity contribution in [1.29, 1.82) is 0 Å². The third-order valence-electron chi connectivity index (χ3n) is 2.42. The van der Waals surface area contributed by atoms with Gasteiger partial charge in [-0.2, -0.15) is 0 Å². The van der Waals surface area contributed by atoms with Crippen LogP contribution in [0.1, 0.15) is 10.0 Å². The smallest absolute Gasteiger partial charge is 0.112 e. The van der Waals surface area contributed by atoms with E-state index in [1.165, 1.54) is 4.70 Å². The van der Waals surface area contributed by atoms with Crippen molar-refractivity contribution < 1.29 is 0 Å². The number of aromatic nitrogens is 2. The first-order valence-corrected chi connectivity index (χ1v) is 7.00. The number of benzene rings is 1. The predicted molar refractivity (Wildman–Crippen MR) is 73.8 cm³/mol. The highest BCUT2D eigenvalue weighted by molar-refractivity contribution is 7.18. The minimum atomic E-state index is 0.779. The van der Waals surface area contributed by atoms with Crippen LogP contribution >= 0.6 is 22.7 Å². The Morgan fingerprint density at radius 2 is 2.29 bits per heavy atom. The molecule has 5 heteroatoms. The van der Waals surface area contributed by atoms with E-state index in [4.69, 9.17) is 0 Å². The molecular weight excluding hydrogens is 250 g/mol. The van der Waals surface area contributed by atoms with Gasteiger partial charge < -0.3 is 5.32 Å². The second-order valence-corrected chi connectivity index (χ2v) is 5.91. The van der Waals surface area contributed by atoms with Gasteiger partial charge in [-0.3, -0.25) is 0 Å². The molecule has 0 saturated heterocycles. The molecule has 0 aliphatic carbocycles. The molecule has 3 nitrogen and oxygen atoms in total. The molecule has 0 atom stereocenters. The molecule has 0 bridgehead atoms. The number of nitrogens with zero attached hydrogens (tertiary/aromatic N) is 2. The highest BCUT2D eigenvalue weighted by Crippen LogP contribution is 2.25. The van der Waals surface area contributed by atoms with Crippen LogP contribution in [0.25, 0.3) is 10.2 Å². The van der Waals surface area contributed by atoms with E-state index in [-0.39, 0.29) is 0 Å². The molecule has 1 aromatic carbocycles. The van der Waals surface area contributed by atoms with Gasteiger partial charge in [-0.25, -0.2) is 9.97 Å². The van der Waals surface area contributed by atoms with E-state index in [0.717, 1.165) is 27.8 Å². The molecule has 0 aliphatic rings. The summed E-state index contributed by atoms with van der Waals surface area (Å²) in [7, 11) is 0. The third kappa shape index (κ3) is 2.30. The zero-order valence-electron chi connectivity index (χ0n) is 9.30. The van der Waals surface area contributed by atoms with E-state index in [1.54, 1.807) is 22.7 Å². The molecule has 2 aromatic heterocycles. The van der Waals surface area contributed by atoms with E-state index in [9.17, 15) is 0 Å². The van der Waals surface area contributed by atoms with Crippen molar-refractivity contribution in [3.05, 3.63) is 39.8 Å². The maximum absolute atomic E-state index is 4.44. The van der Waals surface area contributed by atoms with Crippen LogP contribution in [0.5, 0.6) is 0 Å². The standard InChI is InChI=1S/C12H11N3S2/c1-8-15-10-3-2-9(6-11(10)17-8)14-7-12-13-4-5-16-12/h2-6,14H,7H2,1H3. The van der Waals surface area contributed by atoms with Crippen molar-refractivity contribution in [3.8, 4) is 0 Å². The Morgan fingerprint density at radius 3 is 3.12 bits per heavy atom. The Bertz CT molecular complexity index is 628. The summed E-state index contributed by atoms with van der Waals surface area (Å²) < 4.78 is 1.23.